The standard InChI is InChI=1S/C19H16F6N4O2/c1-8-3-4-11(13(5-8)31-19(24)25)26-14(30)7-29-18-15(9(2)28-29)10(16(20)21)6-12(27-18)17(22)23/h3-6,16-17,19H,7H2,1-2H3,(H,26,30). The van der Waals surface area contributed by atoms with Crippen LogP contribution in [0.2, 0.25) is 0 Å². The predicted molar refractivity (Wildman–Crippen MR) is 98.6 cm³/mol. The summed E-state index contributed by atoms with van der Waals surface area (Å²) in [6.45, 7) is -0.703. The lowest BCUT2D eigenvalue weighted by molar-refractivity contribution is -0.116. The van der Waals surface area contributed by atoms with Crippen molar-refractivity contribution < 1.29 is 35.9 Å². The molecule has 2 heterocycles. The number of alkyl halides is 6. The van der Waals surface area contributed by atoms with Gasteiger partial charge in [-0.1, -0.05) is 6.07 Å². The van der Waals surface area contributed by atoms with E-state index >= 15 is 0 Å². The van der Waals surface area contributed by atoms with E-state index in [1.54, 1.807) is 13.0 Å². The van der Waals surface area contributed by atoms with Gasteiger partial charge in [-0.05, 0) is 37.6 Å². The molecule has 166 valence electrons. The molecule has 0 atom stereocenters. The molecule has 0 bridgehead atoms. The van der Waals surface area contributed by atoms with Crippen molar-refractivity contribution in [3.8, 4) is 5.75 Å². The summed E-state index contributed by atoms with van der Waals surface area (Å²) in [5.74, 6) is -1.06. The van der Waals surface area contributed by atoms with Gasteiger partial charge in [0, 0.05) is 5.56 Å². The summed E-state index contributed by atoms with van der Waals surface area (Å²) in [6, 6.07) is 4.80. The number of rotatable bonds is 7. The second kappa shape index (κ2) is 8.82. The first kappa shape index (κ1) is 22.4. The van der Waals surface area contributed by atoms with E-state index in [-0.39, 0.29) is 28.2 Å². The molecule has 1 aromatic carbocycles. The summed E-state index contributed by atoms with van der Waals surface area (Å²) in [4.78, 5) is 16.1. The van der Waals surface area contributed by atoms with E-state index in [4.69, 9.17) is 0 Å². The highest BCUT2D eigenvalue weighted by molar-refractivity contribution is 5.93. The van der Waals surface area contributed by atoms with Crippen molar-refractivity contribution in [2.45, 2.75) is 39.9 Å². The van der Waals surface area contributed by atoms with E-state index in [1.807, 2.05) is 0 Å². The van der Waals surface area contributed by atoms with E-state index < -0.39 is 43.2 Å². The molecule has 0 radical (unpaired) electrons. The Morgan fingerprint density at radius 2 is 1.81 bits per heavy atom. The van der Waals surface area contributed by atoms with E-state index in [9.17, 15) is 31.1 Å². The molecule has 3 rings (SSSR count). The third kappa shape index (κ3) is 4.89. The van der Waals surface area contributed by atoms with Crippen molar-refractivity contribution in [3.05, 3.63) is 46.8 Å². The summed E-state index contributed by atoms with van der Waals surface area (Å²) >= 11 is 0. The monoisotopic (exact) mass is 446 g/mol. The molecule has 0 saturated carbocycles. The Kier molecular flexibility index (Phi) is 6.37. The number of hydrogen-bond acceptors (Lipinski definition) is 4. The molecule has 0 aliphatic carbocycles. The number of fused-ring (bicyclic) bond motifs is 1. The Morgan fingerprint density at radius 3 is 2.42 bits per heavy atom. The van der Waals surface area contributed by atoms with Crippen LogP contribution in [0.15, 0.2) is 24.3 Å². The molecular weight excluding hydrogens is 430 g/mol. The maximum absolute atomic E-state index is 13.4. The lowest BCUT2D eigenvalue weighted by Gasteiger charge is -2.13. The van der Waals surface area contributed by atoms with E-state index in [0.717, 1.165) is 4.68 Å². The van der Waals surface area contributed by atoms with Crippen molar-refractivity contribution in [2.24, 2.45) is 0 Å². The Bertz CT molecular complexity index is 1120. The molecule has 0 fully saturated rings. The molecule has 2 aromatic heterocycles. The van der Waals surface area contributed by atoms with Gasteiger partial charge in [-0.15, -0.1) is 0 Å². The van der Waals surface area contributed by atoms with Crippen LogP contribution in [0, 0.1) is 13.8 Å². The quantitative estimate of drug-likeness (QED) is 0.509. The van der Waals surface area contributed by atoms with Crippen LogP contribution in [0.1, 0.15) is 35.4 Å². The molecule has 0 saturated heterocycles. The van der Waals surface area contributed by atoms with Crippen LogP contribution in [-0.2, 0) is 11.3 Å². The number of halogens is 6. The van der Waals surface area contributed by atoms with Crippen LogP contribution in [0.3, 0.4) is 0 Å². The van der Waals surface area contributed by atoms with Gasteiger partial charge < -0.3 is 10.1 Å². The number of anilines is 1. The second-order valence-corrected chi connectivity index (χ2v) is 6.61. The van der Waals surface area contributed by atoms with E-state index in [0.29, 0.717) is 11.6 Å². The number of ether oxygens (including phenoxy) is 1. The first-order chi connectivity index (χ1) is 14.6. The van der Waals surface area contributed by atoms with Crippen LogP contribution in [0.5, 0.6) is 5.75 Å². The fraction of sp³-hybridized carbons (Fsp3) is 0.316. The van der Waals surface area contributed by atoms with Gasteiger partial charge in [0.1, 0.15) is 18.0 Å². The van der Waals surface area contributed by atoms with Crippen molar-refractivity contribution in [3.63, 3.8) is 0 Å². The second-order valence-electron chi connectivity index (χ2n) is 6.61. The van der Waals surface area contributed by atoms with Gasteiger partial charge in [-0.3, -0.25) is 4.79 Å². The summed E-state index contributed by atoms with van der Waals surface area (Å²) < 4.78 is 83.6. The minimum absolute atomic E-state index is 0.0569. The largest absolute Gasteiger partial charge is 0.433 e. The normalized spacial score (nSPS) is 11.7. The zero-order chi connectivity index (χ0) is 22.9. The molecule has 0 aliphatic heterocycles. The maximum atomic E-state index is 13.4. The smallest absolute Gasteiger partial charge is 0.387 e. The molecule has 12 heteroatoms. The van der Waals surface area contributed by atoms with Gasteiger partial charge in [0.15, 0.2) is 5.65 Å². The van der Waals surface area contributed by atoms with E-state index in [2.05, 4.69) is 20.1 Å². The Morgan fingerprint density at radius 1 is 1.10 bits per heavy atom. The molecule has 3 aromatic rings. The number of aryl methyl sites for hydroxylation is 2. The molecule has 6 nitrogen and oxygen atoms in total. The van der Waals surface area contributed by atoms with Gasteiger partial charge >= 0.3 is 6.61 Å². The maximum Gasteiger partial charge on any atom is 0.387 e. The zero-order valence-corrected chi connectivity index (χ0v) is 16.2. The fourth-order valence-electron chi connectivity index (χ4n) is 3.05. The van der Waals surface area contributed by atoms with Crippen molar-refractivity contribution in [2.75, 3.05) is 5.32 Å². The van der Waals surface area contributed by atoms with Gasteiger partial charge in [0.2, 0.25) is 5.91 Å². The highest BCUT2D eigenvalue weighted by Crippen LogP contribution is 2.33. The third-order valence-corrected chi connectivity index (χ3v) is 4.31. The average molecular weight is 446 g/mol. The average Bonchev–Trinajstić information content (AvgIpc) is 2.98. The van der Waals surface area contributed by atoms with Gasteiger partial charge in [-0.25, -0.2) is 27.2 Å². The molecule has 1 amide bonds. The molecule has 1 N–H and O–H groups in total. The van der Waals surface area contributed by atoms with E-state index in [1.165, 1.54) is 19.1 Å². The van der Waals surface area contributed by atoms with Crippen LogP contribution < -0.4 is 10.1 Å². The lowest BCUT2D eigenvalue weighted by Crippen LogP contribution is -2.20. The molecule has 0 aliphatic rings. The topological polar surface area (TPSA) is 69.0 Å². The van der Waals surface area contributed by atoms with Gasteiger partial charge in [-0.2, -0.15) is 13.9 Å². The summed E-state index contributed by atoms with van der Waals surface area (Å²) in [5, 5.41) is 6.19. The lowest BCUT2D eigenvalue weighted by atomic mass is 10.1. The van der Waals surface area contributed by atoms with Crippen molar-refractivity contribution >= 4 is 22.6 Å². The number of aromatic nitrogens is 3. The number of amides is 1. The summed E-state index contributed by atoms with van der Waals surface area (Å²) in [6.07, 6.45) is -6.17. The van der Waals surface area contributed by atoms with Crippen molar-refractivity contribution in [1.82, 2.24) is 14.8 Å². The van der Waals surface area contributed by atoms with Crippen LogP contribution in [0.25, 0.3) is 11.0 Å². The number of nitrogens with one attached hydrogen (secondary N) is 1. The SMILES string of the molecule is Cc1ccc(NC(=O)Cn2nc(C)c3c(C(F)F)cc(C(F)F)nc32)c(OC(F)F)c1. The Hall–Kier alpha value is -3.31. The molecular formula is C19H16F6N4O2. The number of nitrogens with zero attached hydrogens (tertiary/aromatic N) is 3. The van der Waals surface area contributed by atoms with Crippen LogP contribution in [-0.4, -0.2) is 27.3 Å². The van der Waals surface area contributed by atoms with Crippen LogP contribution >= 0.6 is 0 Å². The first-order valence-electron chi connectivity index (χ1n) is 8.86. The predicted octanol–water partition coefficient (Wildman–Crippen LogP) is 5.16. The number of carbonyl (C=O) groups is 1. The minimum Gasteiger partial charge on any atom is -0.433 e. The van der Waals surface area contributed by atoms with Crippen LogP contribution in [0.4, 0.5) is 32.0 Å². The first-order valence-corrected chi connectivity index (χ1v) is 8.86. The van der Waals surface area contributed by atoms with Gasteiger partial charge in [0.25, 0.3) is 12.9 Å². The zero-order valence-electron chi connectivity index (χ0n) is 16.2. The minimum atomic E-state index is -3.13. The van der Waals surface area contributed by atoms with Crippen molar-refractivity contribution in [1.29, 1.82) is 0 Å². The Balaban J connectivity index is 1.95. The molecule has 0 unspecified atom stereocenters. The molecule has 31 heavy (non-hydrogen) atoms. The van der Waals surface area contributed by atoms with Gasteiger partial charge in [0.05, 0.1) is 16.8 Å². The highest BCUT2D eigenvalue weighted by Gasteiger charge is 2.24. The summed E-state index contributed by atoms with van der Waals surface area (Å²) in [7, 11) is 0. The molecule has 0 spiro atoms. The number of hydrogen-bond donors (Lipinski definition) is 1. The summed E-state index contributed by atoms with van der Waals surface area (Å²) in [5.41, 5.74) is -1.24. The number of pyridine rings is 1. The number of carbonyl (C=O) groups excluding carboxylic acids is 1. The number of benzene rings is 1. The Labute approximate surface area is 171 Å². The highest BCUT2D eigenvalue weighted by atomic mass is 19.3. The fourth-order valence-corrected chi connectivity index (χ4v) is 3.05. The third-order valence-electron chi connectivity index (χ3n) is 4.31.